The normalized spacial score (nSPS) is 13.9. The van der Waals surface area contributed by atoms with Crippen LogP contribution in [0.3, 0.4) is 0 Å². The molecule has 22 heavy (non-hydrogen) atoms. The average Bonchev–Trinajstić information content (AvgIpc) is 2.43. The van der Waals surface area contributed by atoms with Crippen molar-refractivity contribution in [1.29, 1.82) is 0 Å². The maximum atomic E-state index is 12.9. The van der Waals surface area contributed by atoms with Gasteiger partial charge < -0.3 is 5.73 Å². The van der Waals surface area contributed by atoms with Gasteiger partial charge in [0.15, 0.2) is 5.84 Å². The molecule has 1 amide bonds. The fourth-order valence-corrected chi connectivity index (χ4v) is 0.990. The predicted molar refractivity (Wildman–Crippen MR) is 56.8 cm³/mol. The highest BCUT2D eigenvalue weighted by Gasteiger charge is 2.76. The first-order valence-corrected chi connectivity index (χ1v) is 5.13. The average molecular weight is 333 g/mol. The van der Waals surface area contributed by atoms with Gasteiger partial charge in [0.25, 0.3) is 0 Å². The van der Waals surface area contributed by atoms with Crippen LogP contribution < -0.4 is 11.2 Å². The molecule has 0 fully saturated rings. The second kappa shape index (κ2) is 5.73. The summed E-state index contributed by atoms with van der Waals surface area (Å²) in [5.41, 5.74) is 5.76. The van der Waals surface area contributed by atoms with Gasteiger partial charge in [-0.15, -0.1) is 0 Å². The summed E-state index contributed by atoms with van der Waals surface area (Å²) in [4.78, 5) is 17.9. The van der Waals surface area contributed by atoms with Crippen molar-refractivity contribution in [2.24, 2.45) is 10.8 Å². The van der Waals surface area contributed by atoms with E-state index < -0.39 is 29.8 Å². The van der Waals surface area contributed by atoms with Crippen LogP contribution in [0.25, 0.3) is 0 Å². The van der Waals surface area contributed by atoms with E-state index in [0.717, 1.165) is 17.8 Å². The number of hydrazone groups is 1. The van der Waals surface area contributed by atoms with Crippen molar-refractivity contribution in [2.45, 2.75) is 18.0 Å². The number of hydrogen-bond acceptors (Lipinski definition) is 4. The Morgan fingerprint density at radius 3 is 2.18 bits per heavy atom. The smallest absolute Gasteiger partial charge is 0.380 e. The number of amidine groups is 1. The minimum Gasteiger partial charge on any atom is -0.380 e. The summed E-state index contributed by atoms with van der Waals surface area (Å²) < 4.78 is 86.6. The zero-order valence-corrected chi connectivity index (χ0v) is 10.2. The summed E-state index contributed by atoms with van der Waals surface area (Å²) in [6.45, 7) is 0. The Bertz CT molecular complexity index is 571. The molecule has 1 aromatic rings. The van der Waals surface area contributed by atoms with E-state index in [1.54, 1.807) is 0 Å². The molecule has 0 aliphatic heterocycles. The molecular weight excluding hydrogens is 327 g/mol. The highest BCUT2D eigenvalue weighted by Crippen LogP contribution is 2.46. The van der Waals surface area contributed by atoms with Gasteiger partial charge in [-0.1, -0.05) is 0 Å². The highest BCUT2D eigenvalue weighted by atomic mass is 19.4. The topological polar surface area (TPSA) is 93.3 Å². The molecule has 0 atom stereocenters. The van der Waals surface area contributed by atoms with Crippen molar-refractivity contribution in [3.05, 3.63) is 24.3 Å². The Labute approximate surface area is 117 Å². The van der Waals surface area contributed by atoms with Crippen LogP contribution in [0.2, 0.25) is 0 Å². The van der Waals surface area contributed by atoms with Gasteiger partial charge in [-0.3, -0.25) is 9.78 Å². The van der Waals surface area contributed by atoms with Gasteiger partial charge in [0.2, 0.25) is 0 Å². The van der Waals surface area contributed by atoms with E-state index in [1.807, 2.05) is 0 Å². The largest absolute Gasteiger partial charge is 0.460 e. The van der Waals surface area contributed by atoms with Crippen molar-refractivity contribution in [2.75, 3.05) is 0 Å². The van der Waals surface area contributed by atoms with Crippen LogP contribution >= 0.6 is 0 Å². The SMILES string of the molecule is N/C(=N/NC(=O)C(F)(F)C(F)(F)C(F)(F)F)c1cnccn1. The lowest BCUT2D eigenvalue weighted by molar-refractivity contribution is -0.344. The van der Waals surface area contributed by atoms with E-state index in [9.17, 15) is 35.5 Å². The third kappa shape index (κ3) is 3.23. The summed E-state index contributed by atoms with van der Waals surface area (Å²) in [5.74, 6) is -16.4. The van der Waals surface area contributed by atoms with Gasteiger partial charge in [-0.2, -0.15) is 35.8 Å². The minimum absolute atomic E-state index is 0.228. The van der Waals surface area contributed by atoms with Gasteiger partial charge >= 0.3 is 23.9 Å². The minimum atomic E-state index is -6.63. The van der Waals surface area contributed by atoms with Crippen LogP contribution in [0.4, 0.5) is 30.7 Å². The third-order valence-corrected chi connectivity index (χ3v) is 2.14. The molecule has 1 rings (SSSR count). The van der Waals surface area contributed by atoms with E-state index in [1.165, 1.54) is 6.20 Å². The summed E-state index contributed by atoms with van der Waals surface area (Å²) in [6.07, 6.45) is -3.35. The lowest BCUT2D eigenvalue weighted by Crippen LogP contribution is -2.58. The molecule has 0 spiro atoms. The molecular formula is C9H6F7N5O. The molecule has 3 N–H and O–H groups in total. The van der Waals surface area contributed by atoms with Gasteiger partial charge in [-0.05, 0) is 0 Å². The number of carbonyl (C=O) groups excluding carboxylic acids is 1. The fraction of sp³-hybridized carbons (Fsp3) is 0.333. The van der Waals surface area contributed by atoms with E-state index in [4.69, 9.17) is 5.73 Å². The van der Waals surface area contributed by atoms with Crippen LogP contribution in [0, 0.1) is 0 Å². The number of hydrogen-bond donors (Lipinski definition) is 2. The monoisotopic (exact) mass is 333 g/mol. The second-order valence-corrected chi connectivity index (χ2v) is 3.68. The van der Waals surface area contributed by atoms with Crippen LogP contribution in [0.15, 0.2) is 23.7 Å². The first-order valence-electron chi connectivity index (χ1n) is 5.13. The number of nitrogens with zero attached hydrogens (tertiary/aromatic N) is 3. The Morgan fingerprint density at radius 2 is 1.73 bits per heavy atom. The van der Waals surface area contributed by atoms with Gasteiger partial charge in [0.1, 0.15) is 5.69 Å². The first-order chi connectivity index (χ1) is 9.91. The summed E-state index contributed by atoms with van der Waals surface area (Å²) >= 11 is 0. The van der Waals surface area contributed by atoms with Crippen molar-refractivity contribution in [3.8, 4) is 0 Å². The van der Waals surface area contributed by atoms with Gasteiger partial charge in [-0.25, -0.2) is 10.4 Å². The predicted octanol–water partition coefficient (Wildman–Crippen LogP) is 1.05. The van der Waals surface area contributed by atoms with E-state index in [0.29, 0.717) is 0 Å². The van der Waals surface area contributed by atoms with Gasteiger partial charge in [0.05, 0.1) is 6.20 Å². The second-order valence-electron chi connectivity index (χ2n) is 3.68. The molecule has 0 saturated carbocycles. The van der Waals surface area contributed by atoms with E-state index in [-0.39, 0.29) is 5.69 Å². The zero-order chi connectivity index (χ0) is 17.2. The zero-order valence-electron chi connectivity index (χ0n) is 10.2. The summed E-state index contributed by atoms with van der Waals surface area (Å²) in [7, 11) is 0. The molecule has 0 aliphatic carbocycles. The third-order valence-electron chi connectivity index (χ3n) is 2.14. The van der Waals surface area contributed by atoms with Crippen molar-refractivity contribution in [1.82, 2.24) is 15.4 Å². The Balaban J connectivity index is 2.93. The van der Waals surface area contributed by atoms with Gasteiger partial charge in [0, 0.05) is 12.4 Å². The number of alkyl halides is 7. The number of rotatable bonds is 4. The molecule has 0 bridgehead atoms. The maximum Gasteiger partial charge on any atom is 0.460 e. The highest BCUT2D eigenvalue weighted by molar-refractivity contribution is 5.96. The summed E-state index contributed by atoms with van der Waals surface area (Å²) in [5, 5.41) is 2.77. The number of aromatic nitrogens is 2. The summed E-state index contributed by atoms with van der Waals surface area (Å²) in [6, 6.07) is 0. The lowest BCUT2D eigenvalue weighted by Gasteiger charge is -2.26. The first kappa shape index (κ1) is 17.6. The molecule has 1 heterocycles. The van der Waals surface area contributed by atoms with E-state index in [2.05, 4.69) is 15.1 Å². The number of nitrogens with two attached hydrogens (primary N) is 1. The van der Waals surface area contributed by atoms with Crippen molar-refractivity contribution < 1.29 is 35.5 Å². The van der Waals surface area contributed by atoms with Crippen molar-refractivity contribution >= 4 is 11.7 Å². The molecule has 122 valence electrons. The molecule has 0 aliphatic rings. The Hall–Kier alpha value is -2.47. The number of carbonyl (C=O) groups is 1. The molecule has 6 nitrogen and oxygen atoms in total. The number of halogens is 7. The number of amides is 1. The van der Waals surface area contributed by atoms with Crippen LogP contribution in [0.5, 0.6) is 0 Å². The van der Waals surface area contributed by atoms with Crippen LogP contribution in [-0.4, -0.2) is 39.7 Å². The van der Waals surface area contributed by atoms with Crippen molar-refractivity contribution in [3.63, 3.8) is 0 Å². The Morgan fingerprint density at radius 1 is 1.14 bits per heavy atom. The standard InChI is InChI=1S/C9H6F7N5O/c10-7(11,8(12,13)9(14,15)16)6(22)21-20-5(17)4-3-18-1-2-19-4/h1-3H,(H2,17,20)(H,21,22). The molecule has 1 aromatic heterocycles. The molecule has 13 heteroatoms. The number of nitrogens with one attached hydrogen (secondary N) is 1. The maximum absolute atomic E-state index is 12.9. The molecule has 0 saturated heterocycles. The molecule has 0 radical (unpaired) electrons. The fourth-order valence-electron chi connectivity index (χ4n) is 0.990. The Kier molecular flexibility index (Phi) is 4.58. The molecule has 0 aromatic carbocycles. The van der Waals surface area contributed by atoms with E-state index >= 15 is 0 Å². The molecule has 0 unspecified atom stereocenters. The van der Waals surface area contributed by atoms with Crippen LogP contribution in [0.1, 0.15) is 5.69 Å². The van der Waals surface area contributed by atoms with Crippen LogP contribution in [-0.2, 0) is 4.79 Å². The lowest BCUT2D eigenvalue weighted by atomic mass is 10.1. The quantitative estimate of drug-likeness (QED) is 0.373.